The van der Waals surface area contributed by atoms with Gasteiger partial charge in [-0.2, -0.15) is 0 Å². The maximum absolute atomic E-state index is 12.3. The molecule has 0 bridgehead atoms. The van der Waals surface area contributed by atoms with E-state index in [-0.39, 0.29) is 24.3 Å². The molecule has 1 unspecified atom stereocenters. The average Bonchev–Trinajstić information content (AvgIpc) is 2.45. The first kappa shape index (κ1) is 16.4. The van der Waals surface area contributed by atoms with Crippen molar-refractivity contribution in [2.24, 2.45) is 5.92 Å². The van der Waals surface area contributed by atoms with Crippen molar-refractivity contribution < 1.29 is 19.6 Å². The zero-order valence-corrected chi connectivity index (χ0v) is 11.6. The van der Waals surface area contributed by atoms with Crippen molar-refractivity contribution >= 4 is 17.6 Å². The molecular weight excluding hydrogens is 276 g/mol. The van der Waals surface area contributed by atoms with Gasteiger partial charge in [0.2, 0.25) is 0 Å². The maximum atomic E-state index is 12.3. The minimum absolute atomic E-state index is 0.00286. The molecule has 0 heterocycles. The van der Waals surface area contributed by atoms with Gasteiger partial charge >= 0.3 is 5.97 Å². The van der Waals surface area contributed by atoms with E-state index in [1.807, 2.05) is 0 Å². The number of amides is 1. The molecule has 1 aromatic carbocycles. The normalized spacial score (nSPS) is 11.5. The first-order chi connectivity index (χ1) is 9.86. The Labute approximate surface area is 121 Å². The SMILES string of the molecule is C=CCN(CC(C)C(=O)O)C(=O)c1cccc([N+](=O)[O-])c1. The Balaban J connectivity index is 3.00. The Morgan fingerprint density at radius 3 is 2.71 bits per heavy atom. The second kappa shape index (κ2) is 7.18. The zero-order chi connectivity index (χ0) is 16.0. The number of benzene rings is 1. The molecule has 7 nitrogen and oxygen atoms in total. The van der Waals surface area contributed by atoms with Crippen LogP contribution in [0.5, 0.6) is 0 Å². The summed E-state index contributed by atoms with van der Waals surface area (Å²) >= 11 is 0. The van der Waals surface area contributed by atoms with Gasteiger partial charge in [-0.15, -0.1) is 6.58 Å². The summed E-state index contributed by atoms with van der Waals surface area (Å²) in [7, 11) is 0. The Morgan fingerprint density at radius 2 is 2.19 bits per heavy atom. The van der Waals surface area contributed by atoms with E-state index < -0.39 is 22.7 Å². The van der Waals surface area contributed by atoms with Gasteiger partial charge in [-0.1, -0.05) is 19.1 Å². The summed E-state index contributed by atoms with van der Waals surface area (Å²) in [4.78, 5) is 34.7. The van der Waals surface area contributed by atoms with Crippen LogP contribution in [-0.4, -0.2) is 39.9 Å². The monoisotopic (exact) mass is 292 g/mol. The summed E-state index contributed by atoms with van der Waals surface area (Å²) in [6.07, 6.45) is 1.48. The number of carbonyl (C=O) groups is 2. The third-order valence-corrected chi connectivity index (χ3v) is 2.86. The number of rotatable bonds is 7. The van der Waals surface area contributed by atoms with E-state index in [1.54, 1.807) is 0 Å². The lowest BCUT2D eigenvalue weighted by molar-refractivity contribution is -0.384. The van der Waals surface area contributed by atoms with Crippen LogP contribution in [0.25, 0.3) is 0 Å². The van der Waals surface area contributed by atoms with Gasteiger partial charge in [0.25, 0.3) is 11.6 Å². The Kier molecular flexibility index (Phi) is 5.59. The van der Waals surface area contributed by atoms with Crippen molar-refractivity contribution in [2.75, 3.05) is 13.1 Å². The molecule has 0 aliphatic rings. The summed E-state index contributed by atoms with van der Waals surface area (Å²) in [5, 5.41) is 19.6. The number of nitro benzene ring substituents is 1. The molecule has 1 aromatic rings. The number of carbonyl (C=O) groups excluding carboxylic acids is 1. The van der Waals surface area contributed by atoms with Crippen molar-refractivity contribution in [1.82, 2.24) is 4.90 Å². The Bertz CT molecular complexity index is 570. The Morgan fingerprint density at radius 1 is 1.52 bits per heavy atom. The number of aliphatic carboxylic acids is 1. The number of non-ortho nitro benzene ring substituents is 1. The van der Waals surface area contributed by atoms with Crippen molar-refractivity contribution in [3.05, 3.63) is 52.6 Å². The fourth-order valence-corrected chi connectivity index (χ4v) is 1.74. The molecule has 112 valence electrons. The van der Waals surface area contributed by atoms with Crippen LogP contribution in [0, 0.1) is 16.0 Å². The van der Waals surface area contributed by atoms with Gasteiger partial charge in [0.05, 0.1) is 10.8 Å². The summed E-state index contributed by atoms with van der Waals surface area (Å²) in [5.41, 5.74) is -0.0469. The number of hydrogen-bond acceptors (Lipinski definition) is 4. The molecule has 0 aromatic heterocycles. The van der Waals surface area contributed by atoms with Crippen LogP contribution in [0.2, 0.25) is 0 Å². The van der Waals surface area contributed by atoms with Gasteiger partial charge in [-0.3, -0.25) is 19.7 Å². The molecule has 0 aliphatic heterocycles. The number of carboxylic acids is 1. The topological polar surface area (TPSA) is 101 Å². The molecule has 21 heavy (non-hydrogen) atoms. The van der Waals surface area contributed by atoms with Crippen LogP contribution in [0.15, 0.2) is 36.9 Å². The van der Waals surface area contributed by atoms with Crippen molar-refractivity contribution in [3.63, 3.8) is 0 Å². The first-order valence-corrected chi connectivity index (χ1v) is 6.24. The average molecular weight is 292 g/mol. The predicted octanol–water partition coefficient (Wildman–Crippen LogP) is 1.94. The molecule has 1 N–H and O–H groups in total. The van der Waals surface area contributed by atoms with Crippen molar-refractivity contribution in [3.8, 4) is 0 Å². The fourth-order valence-electron chi connectivity index (χ4n) is 1.74. The van der Waals surface area contributed by atoms with Crippen LogP contribution in [0.4, 0.5) is 5.69 Å². The quantitative estimate of drug-likeness (QED) is 0.470. The summed E-state index contributed by atoms with van der Waals surface area (Å²) in [6, 6.07) is 5.33. The largest absolute Gasteiger partial charge is 0.481 e. The number of nitro groups is 1. The molecule has 0 radical (unpaired) electrons. The smallest absolute Gasteiger partial charge is 0.308 e. The van der Waals surface area contributed by atoms with E-state index in [0.717, 1.165) is 0 Å². The number of carboxylic acid groups (broad SMARTS) is 1. The molecule has 0 saturated heterocycles. The molecule has 0 aliphatic carbocycles. The lowest BCUT2D eigenvalue weighted by atomic mass is 10.1. The Hall–Kier alpha value is -2.70. The van der Waals surface area contributed by atoms with Crippen molar-refractivity contribution in [1.29, 1.82) is 0 Å². The van der Waals surface area contributed by atoms with Gasteiger partial charge in [0.1, 0.15) is 0 Å². The summed E-state index contributed by atoms with van der Waals surface area (Å²) < 4.78 is 0. The molecule has 0 saturated carbocycles. The molecule has 7 heteroatoms. The predicted molar refractivity (Wildman–Crippen MR) is 76.0 cm³/mol. The van der Waals surface area contributed by atoms with E-state index >= 15 is 0 Å². The highest BCUT2D eigenvalue weighted by Gasteiger charge is 2.22. The standard InChI is InChI=1S/C14H16N2O5/c1-3-7-15(9-10(2)14(18)19)13(17)11-5-4-6-12(8-11)16(20)21/h3-6,8,10H,1,7,9H2,2H3,(H,18,19). The van der Waals surface area contributed by atoms with Gasteiger partial charge in [0, 0.05) is 30.8 Å². The lowest BCUT2D eigenvalue weighted by Crippen LogP contribution is -2.37. The van der Waals surface area contributed by atoms with Crippen LogP contribution >= 0.6 is 0 Å². The number of hydrogen-bond donors (Lipinski definition) is 1. The highest BCUT2D eigenvalue weighted by Crippen LogP contribution is 2.15. The minimum atomic E-state index is -1.02. The number of nitrogens with zero attached hydrogens (tertiary/aromatic N) is 2. The fraction of sp³-hybridized carbons (Fsp3) is 0.286. The van der Waals surface area contributed by atoms with E-state index in [9.17, 15) is 19.7 Å². The van der Waals surface area contributed by atoms with E-state index in [2.05, 4.69) is 6.58 Å². The summed E-state index contributed by atoms with van der Waals surface area (Å²) in [5.74, 6) is -2.23. The van der Waals surface area contributed by atoms with Crippen molar-refractivity contribution in [2.45, 2.75) is 6.92 Å². The third kappa shape index (κ3) is 4.41. The molecule has 0 spiro atoms. The van der Waals surface area contributed by atoms with Gasteiger partial charge in [0.15, 0.2) is 0 Å². The second-order valence-electron chi connectivity index (χ2n) is 4.55. The van der Waals surface area contributed by atoms with Crippen LogP contribution < -0.4 is 0 Å². The van der Waals surface area contributed by atoms with E-state index in [1.165, 1.54) is 42.2 Å². The third-order valence-electron chi connectivity index (χ3n) is 2.86. The van der Waals surface area contributed by atoms with Gasteiger partial charge < -0.3 is 10.0 Å². The van der Waals surface area contributed by atoms with Crippen LogP contribution in [0.1, 0.15) is 17.3 Å². The van der Waals surface area contributed by atoms with Crippen LogP contribution in [-0.2, 0) is 4.79 Å². The second-order valence-corrected chi connectivity index (χ2v) is 4.55. The van der Waals surface area contributed by atoms with Gasteiger partial charge in [-0.05, 0) is 6.07 Å². The first-order valence-electron chi connectivity index (χ1n) is 6.24. The summed E-state index contributed by atoms with van der Waals surface area (Å²) in [6.45, 7) is 5.18. The lowest BCUT2D eigenvalue weighted by Gasteiger charge is -2.23. The molecule has 1 amide bonds. The van der Waals surface area contributed by atoms with Gasteiger partial charge in [-0.25, -0.2) is 0 Å². The van der Waals surface area contributed by atoms with E-state index in [0.29, 0.717) is 0 Å². The molecule has 1 rings (SSSR count). The maximum Gasteiger partial charge on any atom is 0.308 e. The van der Waals surface area contributed by atoms with E-state index in [4.69, 9.17) is 5.11 Å². The minimum Gasteiger partial charge on any atom is -0.481 e. The highest BCUT2D eigenvalue weighted by molar-refractivity contribution is 5.95. The highest BCUT2D eigenvalue weighted by atomic mass is 16.6. The molecule has 1 atom stereocenters. The molecular formula is C14H16N2O5. The van der Waals surface area contributed by atoms with Crippen LogP contribution in [0.3, 0.4) is 0 Å². The molecule has 0 fully saturated rings. The zero-order valence-electron chi connectivity index (χ0n) is 11.6.